The first-order valence-corrected chi connectivity index (χ1v) is 7.90. The minimum absolute atomic E-state index is 0.164. The first-order valence-electron chi connectivity index (χ1n) is 7.90. The van der Waals surface area contributed by atoms with Gasteiger partial charge in [-0.25, -0.2) is 4.79 Å². The lowest BCUT2D eigenvalue weighted by molar-refractivity contribution is 0.0695. The van der Waals surface area contributed by atoms with Crippen molar-refractivity contribution in [3.05, 3.63) is 64.2 Å². The van der Waals surface area contributed by atoms with Crippen LogP contribution in [0, 0.1) is 6.92 Å². The van der Waals surface area contributed by atoms with E-state index in [1.54, 1.807) is 18.5 Å². The molecule has 0 radical (unpaired) electrons. The molecule has 0 spiro atoms. The van der Waals surface area contributed by atoms with Gasteiger partial charge in [-0.05, 0) is 43.0 Å². The fourth-order valence-corrected chi connectivity index (χ4v) is 3.25. The average molecular weight is 320 g/mol. The molecule has 0 amide bonds. The zero-order valence-electron chi connectivity index (χ0n) is 13.2. The van der Waals surface area contributed by atoms with Crippen LogP contribution in [0.3, 0.4) is 0 Å². The van der Waals surface area contributed by atoms with Gasteiger partial charge >= 0.3 is 5.97 Å². The van der Waals surface area contributed by atoms with E-state index in [9.17, 15) is 14.7 Å². The SMILES string of the molecule is Cc1c(-c2cccnc2)ccc2c(=O)c(C(=O)O)cn(C3CC3)c12. The van der Waals surface area contributed by atoms with Crippen molar-refractivity contribution in [3.8, 4) is 11.1 Å². The van der Waals surface area contributed by atoms with Gasteiger partial charge in [-0.2, -0.15) is 0 Å². The number of pyridine rings is 2. The van der Waals surface area contributed by atoms with Crippen LogP contribution >= 0.6 is 0 Å². The second kappa shape index (κ2) is 5.30. The summed E-state index contributed by atoms with van der Waals surface area (Å²) >= 11 is 0. The van der Waals surface area contributed by atoms with Gasteiger partial charge in [-0.1, -0.05) is 12.1 Å². The standard InChI is InChI=1S/C19H16N2O3/c1-11-14(12-3-2-8-20-9-12)6-7-15-17(11)21(13-4-5-13)10-16(18(15)22)19(23)24/h2-3,6-10,13H,4-5H2,1H3,(H,23,24). The fraction of sp³-hybridized carbons (Fsp3) is 0.211. The van der Waals surface area contributed by atoms with Gasteiger partial charge in [0.25, 0.3) is 0 Å². The van der Waals surface area contributed by atoms with Crippen molar-refractivity contribution in [2.75, 3.05) is 0 Å². The highest BCUT2D eigenvalue weighted by molar-refractivity contribution is 5.95. The molecular weight excluding hydrogens is 304 g/mol. The van der Waals surface area contributed by atoms with E-state index in [0.29, 0.717) is 5.39 Å². The Hall–Kier alpha value is -2.95. The highest BCUT2D eigenvalue weighted by Gasteiger charge is 2.27. The fourth-order valence-electron chi connectivity index (χ4n) is 3.25. The summed E-state index contributed by atoms with van der Waals surface area (Å²) in [6.45, 7) is 1.98. The van der Waals surface area contributed by atoms with E-state index in [4.69, 9.17) is 0 Å². The van der Waals surface area contributed by atoms with Crippen molar-refractivity contribution in [2.24, 2.45) is 0 Å². The number of carboxylic acids is 1. The third-order valence-corrected chi connectivity index (χ3v) is 4.59. The number of carbonyl (C=O) groups is 1. The molecule has 1 fully saturated rings. The van der Waals surface area contributed by atoms with E-state index in [1.807, 2.05) is 29.7 Å². The Morgan fingerprint density at radius 2 is 2.08 bits per heavy atom. The number of rotatable bonds is 3. The lowest BCUT2D eigenvalue weighted by Crippen LogP contribution is -2.19. The molecule has 1 aliphatic carbocycles. The van der Waals surface area contributed by atoms with E-state index in [0.717, 1.165) is 35.0 Å². The van der Waals surface area contributed by atoms with Gasteiger partial charge < -0.3 is 9.67 Å². The number of carboxylic acid groups (broad SMARTS) is 1. The molecule has 0 saturated heterocycles. The summed E-state index contributed by atoms with van der Waals surface area (Å²) in [5, 5.41) is 9.80. The Morgan fingerprint density at radius 3 is 2.71 bits per heavy atom. The zero-order valence-corrected chi connectivity index (χ0v) is 13.2. The summed E-state index contributed by atoms with van der Waals surface area (Å²) in [6, 6.07) is 7.73. The summed E-state index contributed by atoms with van der Waals surface area (Å²) in [5.74, 6) is -1.18. The largest absolute Gasteiger partial charge is 0.477 e. The molecule has 4 rings (SSSR count). The number of hydrogen-bond acceptors (Lipinski definition) is 3. The highest BCUT2D eigenvalue weighted by Crippen LogP contribution is 2.39. The van der Waals surface area contributed by atoms with Crippen molar-refractivity contribution in [1.29, 1.82) is 0 Å². The number of nitrogens with zero attached hydrogens (tertiary/aromatic N) is 2. The maximum atomic E-state index is 12.6. The number of aryl methyl sites for hydroxylation is 1. The monoisotopic (exact) mass is 320 g/mol. The Kier molecular flexibility index (Phi) is 3.23. The van der Waals surface area contributed by atoms with Crippen LogP contribution in [-0.2, 0) is 0 Å². The van der Waals surface area contributed by atoms with E-state index in [-0.39, 0.29) is 11.6 Å². The predicted octanol–water partition coefficient (Wildman–Crippen LogP) is 3.41. The first kappa shape index (κ1) is 14.6. The van der Waals surface area contributed by atoms with Crippen LogP contribution in [0.2, 0.25) is 0 Å². The number of benzene rings is 1. The van der Waals surface area contributed by atoms with Gasteiger partial charge in [-0.15, -0.1) is 0 Å². The van der Waals surface area contributed by atoms with Crippen LogP contribution in [0.4, 0.5) is 0 Å². The third-order valence-electron chi connectivity index (χ3n) is 4.59. The molecule has 3 aromatic rings. The van der Waals surface area contributed by atoms with Crippen LogP contribution in [0.1, 0.15) is 34.8 Å². The molecular formula is C19H16N2O3. The van der Waals surface area contributed by atoms with Gasteiger partial charge in [0.1, 0.15) is 5.56 Å². The molecule has 2 heterocycles. The third kappa shape index (κ3) is 2.21. The zero-order chi connectivity index (χ0) is 16.8. The lowest BCUT2D eigenvalue weighted by atomic mass is 9.97. The van der Waals surface area contributed by atoms with E-state index >= 15 is 0 Å². The van der Waals surface area contributed by atoms with Gasteiger partial charge in [0, 0.05) is 35.6 Å². The molecule has 2 aromatic heterocycles. The van der Waals surface area contributed by atoms with Crippen LogP contribution in [0.25, 0.3) is 22.0 Å². The molecule has 0 unspecified atom stereocenters. The van der Waals surface area contributed by atoms with Gasteiger partial charge in [0.05, 0.1) is 5.52 Å². The van der Waals surface area contributed by atoms with Gasteiger partial charge in [0.2, 0.25) is 5.43 Å². The van der Waals surface area contributed by atoms with Crippen LogP contribution < -0.4 is 5.43 Å². The average Bonchev–Trinajstić information content (AvgIpc) is 3.41. The molecule has 24 heavy (non-hydrogen) atoms. The predicted molar refractivity (Wildman–Crippen MR) is 91.4 cm³/mol. The number of aromatic nitrogens is 2. The van der Waals surface area contributed by atoms with E-state index in [2.05, 4.69) is 4.98 Å². The van der Waals surface area contributed by atoms with E-state index in [1.165, 1.54) is 6.20 Å². The summed E-state index contributed by atoms with van der Waals surface area (Å²) in [5.41, 5.74) is 3.20. The topological polar surface area (TPSA) is 72.2 Å². The first-order chi connectivity index (χ1) is 11.6. The Morgan fingerprint density at radius 1 is 1.29 bits per heavy atom. The minimum atomic E-state index is -1.18. The van der Waals surface area contributed by atoms with Crippen molar-refractivity contribution < 1.29 is 9.90 Å². The van der Waals surface area contributed by atoms with Gasteiger partial charge in [0.15, 0.2) is 0 Å². The second-order valence-corrected chi connectivity index (χ2v) is 6.19. The molecule has 1 aromatic carbocycles. The summed E-state index contributed by atoms with van der Waals surface area (Å²) in [7, 11) is 0. The molecule has 120 valence electrons. The molecule has 1 aliphatic rings. The number of fused-ring (bicyclic) bond motifs is 1. The Bertz CT molecular complexity index is 1020. The number of aromatic carboxylic acids is 1. The molecule has 5 nitrogen and oxygen atoms in total. The smallest absolute Gasteiger partial charge is 0.341 e. The molecule has 5 heteroatoms. The van der Waals surface area contributed by atoms with Crippen LogP contribution in [-0.4, -0.2) is 20.6 Å². The Labute approximate surface area is 138 Å². The summed E-state index contributed by atoms with van der Waals surface area (Å²) in [4.78, 5) is 28.1. The summed E-state index contributed by atoms with van der Waals surface area (Å²) in [6.07, 6.45) is 7.03. The molecule has 0 aliphatic heterocycles. The van der Waals surface area contributed by atoms with Crippen LogP contribution in [0.15, 0.2) is 47.7 Å². The quantitative estimate of drug-likeness (QED) is 0.803. The maximum Gasteiger partial charge on any atom is 0.341 e. The Balaban J connectivity index is 2.08. The number of hydrogen-bond donors (Lipinski definition) is 1. The molecule has 0 bridgehead atoms. The maximum absolute atomic E-state index is 12.6. The normalized spacial score (nSPS) is 14.0. The molecule has 0 atom stereocenters. The minimum Gasteiger partial charge on any atom is -0.477 e. The van der Waals surface area contributed by atoms with E-state index < -0.39 is 11.4 Å². The van der Waals surface area contributed by atoms with Crippen molar-refractivity contribution >= 4 is 16.9 Å². The van der Waals surface area contributed by atoms with Gasteiger partial charge in [-0.3, -0.25) is 9.78 Å². The van der Waals surface area contributed by atoms with Crippen molar-refractivity contribution in [1.82, 2.24) is 9.55 Å². The van der Waals surface area contributed by atoms with Crippen molar-refractivity contribution in [2.45, 2.75) is 25.8 Å². The van der Waals surface area contributed by atoms with Crippen LogP contribution in [0.5, 0.6) is 0 Å². The summed E-state index contributed by atoms with van der Waals surface area (Å²) < 4.78 is 1.97. The molecule has 1 saturated carbocycles. The second-order valence-electron chi connectivity index (χ2n) is 6.19. The molecule has 1 N–H and O–H groups in total. The lowest BCUT2D eigenvalue weighted by Gasteiger charge is -2.16. The van der Waals surface area contributed by atoms with Crippen molar-refractivity contribution in [3.63, 3.8) is 0 Å². The highest BCUT2D eigenvalue weighted by atomic mass is 16.4.